The highest BCUT2D eigenvalue weighted by molar-refractivity contribution is 5.78. The van der Waals surface area contributed by atoms with Crippen LogP contribution in [0.4, 0.5) is 0 Å². The molecule has 1 aliphatic carbocycles. The van der Waals surface area contributed by atoms with E-state index >= 15 is 0 Å². The Morgan fingerprint density at radius 1 is 1.41 bits per heavy atom. The maximum atomic E-state index is 11.2. The van der Waals surface area contributed by atoms with Crippen LogP contribution in [0, 0.1) is 12.3 Å². The molecule has 2 heteroatoms. The maximum Gasteiger partial charge on any atom is 0.309 e. The minimum absolute atomic E-state index is 0.458. The van der Waals surface area contributed by atoms with E-state index in [0.717, 1.165) is 12.8 Å². The van der Waals surface area contributed by atoms with Crippen molar-refractivity contribution in [2.75, 3.05) is 0 Å². The van der Waals surface area contributed by atoms with Crippen molar-refractivity contribution in [1.29, 1.82) is 0 Å². The van der Waals surface area contributed by atoms with Crippen LogP contribution < -0.4 is 0 Å². The molecule has 1 N–H and O–H groups in total. The van der Waals surface area contributed by atoms with Gasteiger partial charge in [-0.25, -0.2) is 0 Å². The Kier molecular flexibility index (Phi) is 2.98. The van der Waals surface area contributed by atoms with Gasteiger partial charge >= 0.3 is 5.97 Å². The first-order valence-corrected chi connectivity index (χ1v) is 6.27. The van der Waals surface area contributed by atoms with E-state index in [1.165, 1.54) is 16.7 Å². The molecule has 0 unspecified atom stereocenters. The van der Waals surface area contributed by atoms with Crippen LogP contribution in [0.25, 0.3) is 0 Å². The van der Waals surface area contributed by atoms with Gasteiger partial charge < -0.3 is 5.11 Å². The monoisotopic (exact) mass is 232 g/mol. The zero-order valence-electron chi connectivity index (χ0n) is 10.8. The van der Waals surface area contributed by atoms with Crippen molar-refractivity contribution in [2.45, 2.75) is 46.0 Å². The fraction of sp³-hybridized carbons (Fsp3) is 0.533. The van der Waals surface area contributed by atoms with E-state index in [1.807, 2.05) is 0 Å². The van der Waals surface area contributed by atoms with E-state index in [0.29, 0.717) is 12.3 Å². The normalized spacial score (nSPS) is 17.2. The lowest BCUT2D eigenvalue weighted by molar-refractivity contribution is -0.143. The number of carboxylic acids is 1. The van der Waals surface area contributed by atoms with Crippen LogP contribution in [-0.4, -0.2) is 11.1 Å². The van der Waals surface area contributed by atoms with E-state index in [-0.39, 0.29) is 0 Å². The third-order valence-electron chi connectivity index (χ3n) is 3.88. The van der Waals surface area contributed by atoms with Gasteiger partial charge in [-0.15, -0.1) is 0 Å². The predicted octanol–water partition coefficient (Wildman–Crippen LogP) is 3.53. The number of rotatable bonds is 4. The molecule has 17 heavy (non-hydrogen) atoms. The Morgan fingerprint density at radius 3 is 2.53 bits per heavy atom. The SMILES string of the molecule is Cc1ccc(C(C)C)cc1CC1(C(=O)O)CC1. The van der Waals surface area contributed by atoms with Gasteiger partial charge in [-0.05, 0) is 48.8 Å². The average molecular weight is 232 g/mol. The fourth-order valence-corrected chi connectivity index (χ4v) is 2.22. The molecule has 1 aromatic rings. The van der Waals surface area contributed by atoms with Gasteiger partial charge in [0.2, 0.25) is 0 Å². The van der Waals surface area contributed by atoms with Gasteiger partial charge in [-0.1, -0.05) is 32.0 Å². The number of carbonyl (C=O) groups is 1. The second kappa shape index (κ2) is 4.17. The Bertz CT molecular complexity index is 442. The molecule has 0 atom stereocenters. The Hall–Kier alpha value is -1.31. The van der Waals surface area contributed by atoms with Gasteiger partial charge in [0.05, 0.1) is 5.41 Å². The fourth-order valence-electron chi connectivity index (χ4n) is 2.22. The zero-order chi connectivity index (χ0) is 12.6. The third kappa shape index (κ3) is 2.36. The van der Waals surface area contributed by atoms with Gasteiger partial charge in [0.1, 0.15) is 0 Å². The molecule has 0 heterocycles. The number of hydrogen-bond acceptors (Lipinski definition) is 1. The van der Waals surface area contributed by atoms with Crippen LogP contribution >= 0.6 is 0 Å². The molecule has 1 fully saturated rings. The van der Waals surface area contributed by atoms with Gasteiger partial charge in [0, 0.05) is 0 Å². The minimum atomic E-state index is -0.633. The molecule has 0 radical (unpaired) electrons. The zero-order valence-corrected chi connectivity index (χ0v) is 10.8. The number of hydrogen-bond donors (Lipinski definition) is 1. The lowest BCUT2D eigenvalue weighted by Crippen LogP contribution is -2.18. The molecule has 0 aliphatic heterocycles. The summed E-state index contributed by atoms with van der Waals surface area (Å²) in [4.78, 5) is 11.2. The summed E-state index contributed by atoms with van der Waals surface area (Å²) < 4.78 is 0. The molecule has 1 aromatic carbocycles. The van der Waals surface area contributed by atoms with Crippen LogP contribution in [0.2, 0.25) is 0 Å². The first kappa shape index (κ1) is 12.2. The molecular formula is C15H20O2. The molecule has 0 amide bonds. The van der Waals surface area contributed by atoms with Crippen molar-refractivity contribution < 1.29 is 9.90 Å². The summed E-state index contributed by atoms with van der Waals surface area (Å²) in [6.45, 7) is 6.40. The van der Waals surface area contributed by atoms with Crippen molar-refractivity contribution in [3.8, 4) is 0 Å². The molecule has 0 saturated heterocycles. The molecule has 0 aromatic heterocycles. The lowest BCUT2D eigenvalue weighted by atomic mass is 9.90. The van der Waals surface area contributed by atoms with Crippen molar-refractivity contribution in [3.05, 3.63) is 34.9 Å². The number of aryl methyl sites for hydroxylation is 1. The smallest absolute Gasteiger partial charge is 0.309 e. The lowest BCUT2D eigenvalue weighted by Gasteiger charge is -2.15. The van der Waals surface area contributed by atoms with E-state index in [9.17, 15) is 9.90 Å². The molecular weight excluding hydrogens is 212 g/mol. The molecule has 1 aliphatic rings. The van der Waals surface area contributed by atoms with Gasteiger partial charge in [0.15, 0.2) is 0 Å². The molecule has 1 saturated carbocycles. The van der Waals surface area contributed by atoms with Gasteiger partial charge in [0.25, 0.3) is 0 Å². The number of carboxylic acid groups (broad SMARTS) is 1. The van der Waals surface area contributed by atoms with Gasteiger partial charge in [-0.3, -0.25) is 4.79 Å². The summed E-state index contributed by atoms with van der Waals surface area (Å²) in [6, 6.07) is 6.44. The second-order valence-corrected chi connectivity index (χ2v) is 5.60. The summed E-state index contributed by atoms with van der Waals surface area (Å²) >= 11 is 0. The molecule has 0 spiro atoms. The van der Waals surface area contributed by atoms with Crippen molar-refractivity contribution in [1.82, 2.24) is 0 Å². The van der Waals surface area contributed by atoms with Crippen LogP contribution in [0.15, 0.2) is 18.2 Å². The van der Waals surface area contributed by atoms with Crippen molar-refractivity contribution in [3.63, 3.8) is 0 Å². The van der Waals surface area contributed by atoms with Crippen molar-refractivity contribution >= 4 is 5.97 Å². The highest BCUT2D eigenvalue weighted by Gasteiger charge is 2.50. The summed E-state index contributed by atoms with van der Waals surface area (Å²) in [5, 5.41) is 9.23. The first-order chi connectivity index (χ1) is 7.94. The number of benzene rings is 1. The first-order valence-electron chi connectivity index (χ1n) is 6.27. The van der Waals surface area contributed by atoms with Crippen LogP contribution in [0.3, 0.4) is 0 Å². The van der Waals surface area contributed by atoms with E-state index in [2.05, 4.69) is 39.0 Å². The highest BCUT2D eigenvalue weighted by atomic mass is 16.4. The Balaban J connectivity index is 2.26. The Morgan fingerprint density at radius 2 is 2.06 bits per heavy atom. The third-order valence-corrected chi connectivity index (χ3v) is 3.88. The molecule has 92 valence electrons. The van der Waals surface area contributed by atoms with Crippen LogP contribution in [0.5, 0.6) is 0 Å². The summed E-state index contributed by atoms with van der Waals surface area (Å²) in [6.07, 6.45) is 2.34. The number of aliphatic carboxylic acids is 1. The highest BCUT2D eigenvalue weighted by Crippen LogP contribution is 2.49. The van der Waals surface area contributed by atoms with E-state index < -0.39 is 11.4 Å². The second-order valence-electron chi connectivity index (χ2n) is 5.60. The topological polar surface area (TPSA) is 37.3 Å². The van der Waals surface area contributed by atoms with Crippen LogP contribution in [0.1, 0.15) is 49.3 Å². The minimum Gasteiger partial charge on any atom is -0.481 e. The Labute approximate surface area is 103 Å². The summed E-state index contributed by atoms with van der Waals surface area (Å²) in [5.74, 6) is -0.138. The van der Waals surface area contributed by atoms with Crippen LogP contribution in [-0.2, 0) is 11.2 Å². The molecule has 2 nitrogen and oxygen atoms in total. The van der Waals surface area contributed by atoms with Crippen molar-refractivity contribution in [2.24, 2.45) is 5.41 Å². The average Bonchev–Trinajstić information content (AvgIpc) is 3.02. The summed E-state index contributed by atoms with van der Waals surface area (Å²) in [5.41, 5.74) is 3.25. The molecule has 2 rings (SSSR count). The largest absolute Gasteiger partial charge is 0.481 e. The van der Waals surface area contributed by atoms with E-state index in [1.54, 1.807) is 0 Å². The molecule has 0 bridgehead atoms. The summed E-state index contributed by atoms with van der Waals surface area (Å²) in [7, 11) is 0. The maximum absolute atomic E-state index is 11.2. The predicted molar refractivity (Wildman–Crippen MR) is 68.3 cm³/mol. The quantitative estimate of drug-likeness (QED) is 0.862. The van der Waals surface area contributed by atoms with Gasteiger partial charge in [-0.2, -0.15) is 0 Å². The standard InChI is InChI=1S/C15H20O2/c1-10(2)12-5-4-11(3)13(8-12)9-15(6-7-15)14(16)17/h4-5,8,10H,6-7,9H2,1-3H3,(H,16,17). The van der Waals surface area contributed by atoms with E-state index in [4.69, 9.17) is 0 Å².